The number of nitrogens with one attached hydrogen (secondary N) is 1. The van der Waals surface area contributed by atoms with Gasteiger partial charge in [-0.05, 0) is 18.2 Å². The molecule has 0 unspecified atom stereocenters. The Morgan fingerprint density at radius 1 is 1.18 bits per heavy atom. The Hall–Kier alpha value is -3.09. The monoisotopic (exact) mass is 298 g/mol. The van der Waals surface area contributed by atoms with E-state index in [-0.39, 0.29) is 5.91 Å². The minimum Gasteiger partial charge on any atom is -0.493 e. The third kappa shape index (κ3) is 2.56. The highest BCUT2D eigenvalue weighted by atomic mass is 16.5. The van der Waals surface area contributed by atoms with Crippen molar-refractivity contribution in [1.82, 2.24) is 14.6 Å². The average molecular weight is 298 g/mol. The number of fused-ring (bicyclic) bond motifs is 1. The van der Waals surface area contributed by atoms with Gasteiger partial charge < -0.3 is 14.8 Å². The van der Waals surface area contributed by atoms with Crippen molar-refractivity contribution in [2.45, 2.75) is 0 Å². The largest absolute Gasteiger partial charge is 0.493 e. The van der Waals surface area contributed by atoms with Gasteiger partial charge in [-0.1, -0.05) is 0 Å². The van der Waals surface area contributed by atoms with Crippen LogP contribution in [0.2, 0.25) is 0 Å². The molecular weight excluding hydrogens is 284 g/mol. The first-order valence-corrected chi connectivity index (χ1v) is 6.54. The van der Waals surface area contributed by atoms with Gasteiger partial charge in [-0.3, -0.25) is 4.79 Å². The summed E-state index contributed by atoms with van der Waals surface area (Å²) in [6, 6.07) is 6.74. The van der Waals surface area contributed by atoms with Crippen molar-refractivity contribution in [3.05, 3.63) is 48.4 Å². The van der Waals surface area contributed by atoms with Crippen LogP contribution in [0.4, 0.5) is 5.69 Å². The number of ether oxygens (including phenoxy) is 2. The first kappa shape index (κ1) is 13.9. The molecule has 22 heavy (non-hydrogen) atoms. The van der Waals surface area contributed by atoms with E-state index in [0.29, 0.717) is 28.4 Å². The molecule has 1 amide bonds. The van der Waals surface area contributed by atoms with Crippen molar-refractivity contribution in [2.75, 3.05) is 19.5 Å². The van der Waals surface area contributed by atoms with E-state index in [1.807, 2.05) is 0 Å². The number of methoxy groups -OCH3 is 2. The van der Waals surface area contributed by atoms with Crippen LogP contribution in [0.5, 0.6) is 11.5 Å². The Balaban J connectivity index is 1.84. The van der Waals surface area contributed by atoms with Crippen LogP contribution < -0.4 is 14.8 Å². The van der Waals surface area contributed by atoms with E-state index < -0.39 is 0 Å². The van der Waals surface area contributed by atoms with Gasteiger partial charge in [0.15, 0.2) is 17.1 Å². The summed E-state index contributed by atoms with van der Waals surface area (Å²) in [6.45, 7) is 0. The number of nitrogens with zero attached hydrogens (tertiary/aromatic N) is 3. The molecule has 2 aromatic heterocycles. The Kier molecular flexibility index (Phi) is 3.61. The molecule has 0 fully saturated rings. The summed E-state index contributed by atoms with van der Waals surface area (Å²) >= 11 is 0. The SMILES string of the molecule is COc1ccc(C(=O)Nc2cnc3ccnn3c2)cc1OC. The molecule has 0 atom stereocenters. The Morgan fingerprint density at radius 2 is 2.00 bits per heavy atom. The second-order valence-electron chi connectivity index (χ2n) is 4.50. The third-order valence-electron chi connectivity index (χ3n) is 3.15. The maximum atomic E-state index is 12.3. The number of anilines is 1. The lowest BCUT2D eigenvalue weighted by Gasteiger charge is -2.10. The number of carbonyl (C=O) groups is 1. The van der Waals surface area contributed by atoms with Crippen molar-refractivity contribution in [3.8, 4) is 11.5 Å². The Morgan fingerprint density at radius 3 is 2.77 bits per heavy atom. The topological polar surface area (TPSA) is 77.8 Å². The molecule has 0 bridgehead atoms. The van der Waals surface area contributed by atoms with Crippen LogP contribution in [0, 0.1) is 0 Å². The summed E-state index contributed by atoms with van der Waals surface area (Å²) in [5.74, 6) is 0.795. The van der Waals surface area contributed by atoms with Crippen molar-refractivity contribution < 1.29 is 14.3 Å². The van der Waals surface area contributed by atoms with Crippen LogP contribution in [0.1, 0.15) is 10.4 Å². The predicted molar refractivity (Wildman–Crippen MR) is 80.5 cm³/mol. The molecule has 0 radical (unpaired) electrons. The second kappa shape index (κ2) is 5.72. The molecule has 3 aromatic rings. The van der Waals surface area contributed by atoms with Crippen LogP contribution in [0.15, 0.2) is 42.9 Å². The molecule has 0 spiro atoms. The zero-order valence-electron chi connectivity index (χ0n) is 12.1. The predicted octanol–water partition coefficient (Wildman–Crippen LogP) is 2.00. The molecule has 0 saturated carbocycles. The normalized spacial score (nSPS) is 10.5. The van der Waals surface area contributed by atoms with E-state index in [2.05, 4.69) is 15.4 Å². The molecule has 112 valence electrons. The van der Waals surface area contributed by atoms with Gasteiger partial charge in [-0.15, -0.1) is 0 Å². The van der Waals surface area contributed by atoms with Gasteiger partial charge in [-0.25, -0.2) is 9.50 Å². The number of amides is 1. The molecule has 2 heterocycles. The van der Waals surface area contributed by atoms with Crippen molar-refractivity contribution >= 4 is 17.2 Å². The van der Waals surface area contributed by atoms with E-state index in [4.69, 9.17) is 9.47 Å². The second-order valence-corrected chi connectivity index (χ2v) is 4.50. The lowest BCUT2D eigenvalue weighted by atomic mass is 10.2. The van der Waals surface area contributed by atoms with Crippen LogP contribution >= 0.6 is 0 Å². The molecule has 3 rings (SSSR count). The molecular formula is C15H14N4O3. The molecule has 1 N–H and O–H groups in total. The molecule has 7 heteroatoms. The van der Waals surface area contributed by atoms with Gasteiger partial charge in [0.1, 0.15) is 0 Å². The van der Waals surface area contributed by atoms with E-state index in [1.165, 1.54) is 7.11 Å². The number of rotatable bonds is 4. The lowest BCUT2D eigenvalue weighted by Crippen LogP contribution is -2.13. The van der Waals surface area contributed by atoms with Crippen LogP contribution in [-0.4, -0.2) is 34.7 Å². The number of benzene rings is 1. The number of hydrogen-bond acceptors (Lipinski definition) is 5. The summed E-state index contributed by atoms with van der Waals surface area (Å²) in [6.07, 6.45) is 4.92. The van der Waals surface area contributed by atoms with E-state index >= 15 is 0 Å². The maximum Gasteiger partial charge on any atom is 0.255 e. The lowest BCUT2D eigenvalue weighted by molar-refractivity contribution is 0.102. The highest BCUT2D eigenvalue weighted by Crippen LogP contribution is 2.27. The van der Waals surface area contributed by atoms with Gasteiger partial charge in [0, 0.05) is 11.6 Å². The summed E-state index contributed by atoms with van der Waals surface area (Å²) in [5, 5.41) is 6.85. The minimum atomic E-state index is -0.269. The van der Waals surface area contributed by atoms with Crippen LogP contribution in [0.3, 0.4) is 0 Å². The average Bonchev–Trinajstić information content (AvgIpc) is 3.01. The highest BCUT2D eigenvalue weighted by Gasteiger charge is 2.11. The van der Waals surface area contributed by atoms with Crippen LogP contribution in [0.25, 0.3) is 5.65 Å². The van der Waals surface area contributed by atoms with Gasteiger partial charge in [-0.2, -0.15) is 5.10 Å². The molecule has 0 aliphatic heterocycles. The van der Waals surface area contributed by atoms with E-state index in [1.54, 1.807) is 54.5 Å². The molecule has 0 saturated heterocycles. The van der Waals surface area contributed by atoms with Crippen molar-refractivity contribution in [3.63, 3.8) is 0 Å². The maximum absolute atomic E-state index is 12.3. The van der Waals surface area contributed by atoms with E-state index in [9.17, 15) is 4.79 Å². The Bertz CT molecular complexity index is 829. The zero-order chi connectivity index (χ0) is 15.5. The van der Waals surface area contributed by atoms with Gasteiger partial charge in [0.25, 0.3) is 5.91 Å². The van der Waals surface area contributed by atoms with Gasteiger partial charge in [0.05, 0.1) is 38.5 Å². The summed E-state index contributed by atoms with van der Waals surface area (Å²) < 4.78 is 11.9. The summed E-state index contributed by atoms with van der Waals surface area (Å²) in [5.41, 5.74) is 1.72. The number of hydrogen-bond donors (Lipinski definition) is 1. The molecule has 0 aliphatic rings. The molecule has 0 aliphatic carbocycles. The Labute approximate surface area is 126 Å². The van der Waals surface area contributed by atoms with Crippen molar-refractivity contribution in [2.24, 2.45) is 0 Å². The third-order valence-corrected chi connectivity index (χ3v) is 3.15. The summed E-state index contributed by atoms with van der Waals surface area (Å²) in [4.78, 5) is 16.5. The van der Waals surface area contributed by atoms with Gasteiger partial charge >= 0.3 is 0 Å². The minimum absolute atomic E-state index is 0.269. The molecule has 1 aromatic carbocycles. The standard InChI is InChI=1S/C15H14N4O3/c1-21-12-4-3-10(7-13(12)22-2)15(20)18-11-8-16-14-5-6-17-19(14)9-11/h3-9H,1-2H3,(H,18,20). The quantitative estimate of drug-likeness (QED) is 0.797. The highest BCUT2D eigenvalue weighted by molar-refractivity contribution is 6.04. The van der Waals surface area contributed by atoms with Gasteiger partial charge in [0.2, 0.25) is 0 Å². The zero-order valence-corrected chi connectivity index (χ0v) is 12.1. The summed E-state index contributed by atoms with van der Waals surface area (Å²) in [7, 11) is 3.07. The number of aromatic nitrogens is 3. The fourth-order valence-corrected chi connectivity index (χ4v) is 2.06. The fourth-order valence-electron chi connectivity index (χ4n) is 2.06. The first-order valence-electron chi connectivity index (χ1n) is 6.54. The molecule has 7 nitrogen and oxygen atoms in total. The van der Waals surface area contributed by atoms with Crippen LogP contribution in [-0.2, 0) is 0 Å². The first-order chi connectivity index (χ1) is 10.7. The number of carbonyl (C=O) groups excluding carboxylic acids is 1. The van der Waals surface area contributed by atoms with Crippen molar-refractivity contribution in [1.29, 1.82) is 0 Å². The fraction of sp³-hybridized carbons (Fsp3) is 0.133. The smallest absolute Gasteiger partial charge is 0.255 e. The van der Waals surface area contributed by atoms with E-state index in [0.717, 1.165) is 0 Å².